The molecule has 0 bridgehead atoms. The van der Waals surface area contributed by atoms with E-state index in [0.717, 1.165) is 38.5 Å². The minimum Gasteiger partial charge on any atom is -0.481 e. The highest BCUT2D eigenvalue weighted by Gasteiger charge is 2.59. The first-order valence-electron chi connectivity index (χ1n) is 13.3. The summed E-state index contributed by atoms with van der Waals surface area (Å²) in [6, 6.07) is 0. The molecule has 2 aromatic heterocycles. The number of carboxylic acids is 1. The lowest BCUT2D eigenvalue weighted by molar-refractivity contribution is -0.143. The van der Waals surface area contributed by atoms with E-state index >= 15 is 0 Å². The van der Waals surface area contributed by atoms with Crippen LogP contribution < -0.4 is 4.74 Å². The van der Waals surface area contributed by atoms with Crippen molar-refractivity contribution in [2.45, 2.75) is 77.4 Å². The van der Waals surface area contributed by atoms with Crippen LogP contribution in [0, 0.1) is 24.2 Å². The van der Waals surface area contributed by atoms with E-state index in [1.165, 1.54) is 12.8 Å². The molecule has 0 saturated heterocycles. The minimum atomic E-state index is -0.712. The number of amides is 1. The molecule has 3 aliphatic carbocycles. The lowest BCUT2D eigenvalue weighted by Crippen LogP contribution is -2.31. The van der Waals surface area contributed by atoms with Crippen molar-refractivity contribution in [3.63, 3.8) is 0 Å². The second kappa shape index (κ2) is 10.3. The summed E-state index contributed by atoms with van der Waals surface area (Å²) in [7, 11) is 3.52. The highest BCUT2D eigenvalue weighted by atomic mass is 16.6. The molecule has 3 saturated carbocycles. The molecule has 2 heterocycles. The standard InChI is InChI=1S/C26H36N6O5/c1-16-23(37-21-12-26(21)10-6-9-18(11-26)24(33)34)27-13-19(28-16)22-20(32(3)30-29-22)15-36-25(35)31(2)14-17-7-4-5-8-17/h13,17-18,21H,4-12,14-15H2,1-3H3,(H,33,34)/t18-,21?,26?/m0/s1. The summed E-state index contributed by atoms with van der Waals surface area (Å²) in [4.78, 5) is 34.8. The van der Waals surface area contributed by atoms with Crippen LogP contribution in [0.2, 0.25) is 0 Å². The third-order valence-electron chi connectivity index (χ3n) is 8.34. The number of nitrogens with zero attached hydrogens (tertiary/aromatic N) is 6. The first-order valence-corrected chi connectivity index (χ1v) is 13.3. The lowest BCUT2D eigenvalue weighted by Gasteiger charge is -2.27. The van der Waals surface area contributed by atoms with Crippen LogP contribution in [-0.4, -0.2) is 66.7 Å². The Morgan fingerprint density at radius 3 is 2.73 bits per heavy atom. The van der Waals surface area contributed by atoms with Gasteiger partial charge in [0.15, 0.2) is 0 Å². The van der Waals surface area contributed by atoms with Gasteiger partial charge in [-0.3, -0.25) is 4.79 Å². The Kier molecular flexibility index (Phi) is 7.04. The quantitative estimate of drug-likeness (QED) is 0.561. The van der Waals surface area contributed by atoms with Gasteiger partial charge in [0.1, 0.15) is 35.5 Å². The van der Waals surface area contributed by atoms with E-state index in [1.54, 1.807) is 29.9 Å². The molecular formula is C26H36N6O5. The third-order valence-corrected chi connectivity index (χ3v) is 8.34. The summed E-state index contributed by atoms with van der Waals surface area (Å²) in [6.45, 7) is 2.57. The average molecular weight is 513 g/mol. The van der Waals surface area contributed by atoms with Crippen LogP contribution in [0.25, 0.3) is 11.4 Å². The molecular weight excluding hydrogens is 476 g/mol. The Hall–Kier alpha value is -3.24. The number of aliphatic carboxylic acids is 1. The van der Waals surface area contributed by atoms with Crippen LogP contribution >= 0.6 is 0 Å². The summed E-state index contributed by atoms with van der Waals surface area (Å²) in [5, 5.41) is 17.8. The first-order chi connectivity index (χ1) is 17.8. The zero-order chi connectivity index (χ0) is 26.2. The molecule has 200 valence electrons. The number of carboxylic acid groups (broad SMARTS) is 1. The Bertz CT molecular complexity index is 1160. The van der Waals surface area contributed by atoms with Crippen molar-refractivity contribution >= 4 is 12.1 Å². The number of carbonyl (C=O) groups is 2. The molecule has 1 amide bonds. The monoisotopic (exact) mass is 512 g/mol. The molecule has 1 spiro atoms. The summed E-state index contributed by atoms with van der Waals surface area (Å²) >= 11 is 0. The van der Waals surface area contributed by atoms with Crippen molar-refractivity contribution in [1.29, 1.82) is 0 Å². The molecule has 3 fully saturated rings. The second-order valence-corrected chi connectivity index (χ2v) is 11.0. The number of hydrogen-bond donors (Lipinski definition) is 1. The predicted molar refractivity (Wildman–Crippen MR) is 133 cm³/mol. The molecule has 2 aromatic rings. The summed E-state index contributed by atoms with van der Waals surface area (Å²) < 4.78 is 13.3. The van der Waals surface area contributed by atoms with Gasteiger partial charge in [0.25, 0.3) is 0 Å². The molecule has 0 radical (unpaired) electrons. The average Bonchev–Trinajstić information content (AvgIpc) is 3.19. The van der Waals surface area contributed by atoms with Crippen LogP contribution in [0.15, 0.2) is 6.20 Å². The van der Waals surface area contributed by atoms with E-state index in [1.807, 2.05) is 6.92 Å². The van der Waals surface area contributed by atoms with E-state index in [9.17, 15) is 14.7 Å². The van der Waals surface area contributed by atoms with Gasteiger partial charge in [0.05, 0.1) is 12.1 Å². The number of aryl methyl sites for hydroxylation is 2. The number of aromatic nitrogens is 5. The van der Waals surface area contributed by atoms with Crippen molar-refractivity contribution < 1.29 is 24.2 Å². The van der Waals surface area contributed by atoms with E-state index < -0.39 is 5.97 Å². The number of hydrogen-bond acceptors (Lipinski definition) is 8. The maximum Gasteiger partial charge on any atom is 0.409 e. The highest BCUT2D eigenvalue weighted by molar-refractivity contribution is 5.70. The Labute approximate surface area is 216 Å². The molecule has 1 N–H and O–H groups in total. The van der Waals surface area contributed by atoms with E-state index in [2.05, 4.69) is 20.3 Å². The number of rotatable bonds is 8. The van der Waals surface area contributed by atoms with Crippen molar-refractivity contribution in [2.24, 2.45) is 24.3 Å². The molecule has 2 unspecified atom stereocenters. The lowest BCUT2D eigenvalue weighted by atomic mass is 9.79. The fourth-order valence-electron chi connectivity index (χ4n) is 6.03. The third kappa shape index (κ3) is 5.40. The summed E-state index contributed by atoms with van der Waals surface area (Å²) in [5.74, 6) is 0.000663. The zero-order valence-electron chi connectivity index (χ0n) is 21.9. The fraction of sp³-hybridized carbons (Fsp3) is 0.692. The maximum atomic E-state index is 12.6. The highest BCUT2D eigenvalue weighted by Crippen LogP contribution is 2.59. The molecule has 5 rings (SSSR count). The van der Waals surface area contributed by atoms with Crippen LogP contribution in [0.3, 0.4) is 0 Å². The normalized spacial score (nSPS) is 25.3. The van der Waals surface area contributed by atoms with Crippen molar-refractivity contribution in [2.75, 3.05) is 13.6 Å². The van der Waals surface area contributed by atoms with Gasteiger partial charge in [-0.2, -0.15) is 0 Å². The molecule has 11 nitrogen and oxygen atoms in total. The fourth-order valence-corrected chi connectivity index (χ4v) is 6.03. The molecule has 37 heavy (non-hydrogen) atoms. The Morgan fingerprint density at radius 1 is 1.22 bits per heavy atom. The van der Waals surface area contributed by atoms with Gasteiger partial charge in [0.2, 0.25) is 5.88 Å². The molecule has 3 aliphatic rings. The van der Waals surface area contributed by atoms with Crippen molar-refractivity contribution in [3.8, 4) is 17.3 Å². The van der Waals surface area contributed by atoms with Crippen LogP contribution in [0.5, 0.6) is 5.88 Å². The summed E-state index contributed by atoms with van der Waals surface area (Å²) in [5.41, 5.74) is 2.23. The Morgan fingerprint density at radius 2 is 2.00 bits per heavy atom. The van der Waals surface area contributed by atoms with Crippen LogP contribution in [0.4, 0.5) is 4.79 Å². The minimum absolute atomic E-state index is 0.0267. The first kappa shape index (κ1) is 25.4. The number of ether oxygens (including phenoxy) is 2. The van der Waals surface area contributed by atoms with Gasteiger partial charge in [-0.15, -0.1) is 5.10 Å². The molecule has 3 atom stereocenters. The van der Waals surface area contributed by atoms with Gasteiger partial charge in [-0.25, -0.2) is 19.4 Å². The molecule has 0 aliphatic heterocycles. The van der Waals surface area contributed by atoms with Gasteiger partial charge < -0.3 is 19.5 Å². The maximum absolute atomic E-state index is 12.6. The van der Waals surface area contributed by atoms with Gasteiger partial charge in [0, 0.05) is 26.1 Å². The molecule has 11 heteroatoms. The smallest absolute Gasteiger partial charge is 0.409 e. The van der Waals surface area contributed by atoms with E-state index in [4.69, 9.17) is 9.47 Å². The second-order valence-electron chi connectivity index (χ2n) is 11.0. The van der Waals surface area contributed by atoms with Gasteiger partial charge in [-0.1, -0.05) is 24.5 Å². The molecule has 0 aromatic carbocycles. The predicted octanol–water partition coefficient (Wildman–Crippen LogP) is 3.75. The SMILES string of the molecule is Cc1nc(-c2nnn(C)c2COC(=O)N(C)CC2CCCC2)cnc1OC1CC12CCC[C@H](C(=O)O)C2. The van der Waals surface area contributed by atoms with Crippen molar-refractivity contribution in [3.05, 3.63) is 17.6 Å². The van der Waals surface area contributed by atoms with Crippen molar-refractivity contribution in [1.82, 2.24) is 29.9 Å². The van der Waals surface area contributed by atoms with E-state index in [-0.39, 0.29) is 30.1 Å². The zero-order valence-corrected chi connectivity index (χ0v) is 21.9. The van der Waals surface area contributed by atoms with Crippen LogP contribution in [0.1, 0.15) is 69.2 Å². The van der Waals surface area contributed by atoms with Gasteiger partial charge in [-0.05, 0) is 51.4 Å². The van der Waals surface area contributed by atoms with Crippen LogP contribution in [-0.2, 0) is 23.2 Å². The topological polar surface area (TPSA) is 133 Å². The summed E-state index contributed by atoms with van der Waals surface area (Å²) in [6.07, 6.45) is 10.2. The largest absolute Gasteiger partial charge is 0.481 e. The van der Waals surface area contributed by atoms with Gasteiger partial charge >= 0.3 is 12.1 Å². The Balaban J connectivity index is 1.21. The number of carbonyl (C=O) groups excluding carboxylic acids is 1. The van der Waals surface area contributed by atoms with E-state index in [0.29, 0.717) is 47.5 Å².